The van der Waals surface area contributed by atoms with Gasteiger partial charge in [-0.3, -0.25) is 0 Å². The summed E-state index contributed by atoms with van der Waals surface area (Å²) in [5, 5.41) is 6.52. The standard InChI is InChI=1S/C11H9BrF3N3O/c1-6-17-10(19-18-6)5-16-9-3-2-7(4-8(9)12)11(13,14)15/h2-4,16H,5H2,1H3. The molecule has 1 aromatic carbocycles. The first-order chi connectivity index (χ1) is 8.86. The van der Waals surface area contributed by atoms with Crippen molar-refractivity contribution in [2.45, 2.75) is 19.6 Å². The Labute approximate surface area is 115 Å². The van der Waals surface area contributed by atoms with Crippen LogP contribution in [0.3, 0.4) is 0 Å². The number of aromatic nitrogens is 2. The van der Waals surface area contributed by atoms with Crippen molar-refractivity contribution in [1.82, 2.24) is 10.1 Å². The largest absolute Gasteiger partial charge is 0.416 e. The minimum atomic E-state index is -4.36. The summed E-state index contributed by atoms with van der Waals surface area (Å²) in [4.78, 5) is 3.98. The summed E-state index contributed by atoms with van der Waals surface area (Å²) in [6, 6.07) is 3.36. The van der Waals surface area contributed by atoms with Gasteiger partial charge in [-0.25, -0.2) is 0 Å². The first-order valence-corrected chi connectivity index (χ1v) is 6.05. The predicted octanol–water partition coefficient (Wildman–Crippen LogP) is 3.77. The van der Waals surface area contributed by atoms with Crippen LogP contribution in [0.25, 0.3) is 0 Å². The van der Waals surface area contributed by atoms with Crippen LogP contribution in [0, 0.1) is 6.92 Å². The number of hydrogen-bond acceptors (Lipinski definition) is 4. The molecule has 0 saturated carbocycles. The second-order valence-corrected chi connectivity index (χ2v) is 4.64. The molecule has 0 amide bonds. The zero-order valence-corrected chi connectivity index (χ0v) is 11.3. The average Bonchev–Trinajstić information content (AvgIpc) is 2.72. The van der Waals surface area contributed by atoms with E-state index < -0.39 is 11.7 Å². The van der Waals surface area contributed by atoms with E-state index in [1.807, 2.05) is 0 Å². The third-order valence-electron chi connectivity index (χ3n) is 2.30. The summed E-state index contributed by atoms with van der Waals surface area (Å²) >= 11 is 3.09. The van der Waals surface area contributed by atoms with Crippen LogP contribution < -0.4 is 5.32 Å². The van der Waals surface area contributed by atoms with Gasteiger partial charge in [0, 0.05) is 10.2 Å². The van der Waals surface area contributed by atoms with Crippen molar-refractivity contribution in [3.8, 4) is 0 Å². The molecule has 1 N–H and O–H groups in total. The van der Waals surface area contributed by atoms with Crippen LogP contribution in [-0.2, 0) is 12.7 Å². The maximum Gasteiger partial charge on any atom is 0.416 e. The molecular formula is C11H9BrF3N3O. The maximum absolute atomic E-state index is 12.5. The Morgan fingerprint density at radius 2 is 2.11 bits per heavy atom. The van der Waals surface area contributed by atoms with Crippen molar-refractivity contribution in [3.63, 3.8) is 0 Å². The van der Waals surface area contributed by atoms with Gasteiger partial charge < -0.3 is 9.84 Å². The van der Waals surface area contributed by atoms with E-state index in [4.69, 9.17) is 4.52 Å². The smallest absolute Gasteiger partial charge is 0.375 e. The van der Waals surface area contributed by atoms with Gasteiger partial charge in [-0.2, -0.15) is 18.2 Å². The lowest BCUT2D eigenvalue weighted by molar-refractivity contribution is -0.137. The molecule has 1 heterocycles. The molecule has 0 aliphatic heterocycles. The minimum Gasteiger partial charge on any atom is -0.375 e. The van der Waals surface area contributed by atoms with Gasteiger partial charge in [0.1, 0.15) is 0 Å². The molecule has 0 spiro atoms. The zero-order chi connectivity index (χ0) is 14.0. The quantitative estimate of drug-likeness (QED) is 0.927. The van der Waals surface area contributed by atoms with E-state index in [1.54, 1.807) is 6.92 Å². The lowest BCUT2D eigenvalue weighted by Crippen LogP contribution is -2.06. The highest BCUT2D eigenvalue weighted by Crippen LogP contribution is 2.33. The van der Waals surface area contributed by atoms with E-state index in [0.717, 1.165) is 12.1 Å². The van der Waals surface area contributed by atoms with Crippen molar-refractivity contribution in [2.24, 2.45) is 0 Å². The van der Waals surface area contributed by atoms with Crippen LogP contribution >= 0.6 is 15.9 Å². The molecule has 0 radical (unpaired) electrons. The van der Waals surface area contributed by atoms with Crippen molar-refractivity contribution >= 4 is 21.6 Å². The highest BCUT2D eigenvalue weighted by Gasteiger charge is 2.30. The molecule has 0 saturated heterocycles. The summed E-state index contributed by atoms with van der Waals surface area (Å²) in [7, 11) is 0. The van der Waals surface area contributed by atoms with Crippen molar-refractivity contribution in [2.75, 3.05) is 5.32 Å². The summed E-state index contributed by atoms with van der Waals surface area (Å²) in [5.41, 5.74) is -0.192. The molecule has 0 bridgehead atoms. The first kappa shape index (κ1) is 13.9. The van der Waals surface area contributed by atoms with E-state index >= 15 is 0 Å². The Balaban J connectivity index is 2.09. The van der Waals surface area contributed by atoms with E-state index in [9.17, 15) is 13.2 Å². The molecule has 4 nitrogen and oxygen atoms in total. The zero-order valence-electron chi connectivity index (χ0n) is 9.75. The number of nitrogens with zero attached hydrogens (tertiary/aromatic N) is 2. The van der Waals surface area contributed by atoms with Gasteiger partial charge >= 0.3 is 6.18 Å². The van der Waals surface area contributed by atoms with Gasteiger partial charge in [0.2, 0.25) is 5.89 Å². The van der Waals surface area contributed by atoms with Gasteiger partial charge in [-0.15, -0.1) is 0 Å². The maximum atomic E-state index is 12.5. The van der Waals surface area contributed by atoms with E-state index in [2.05, 4.69) is 31.4 Å². The van der Waals surface area contributed by atoms with Crippen LogP contribution in [0.15, 0.2) is 27.2 Å². The summed E-state index contributed by atoms with van der Waals surface area (Å²) in [6.07, 6.45) is -4.36. The number of alkyl halides is 3. The number of benzene rings is 1. The fraction of sp³-hybridized carbons (Fsp3) is 0.273. The summed E-state index contributed by atoms with van der Waals surface area (Å²) in [5.74, 6) is 0.868. The Morgan fingerprint density at radius 1 is 1.37 bits per heavy atom. The second kappa shape index (κ2) is 5.20. The highest BCUT2D eigenvalue weighted by atomic mass is 79.9. The molecule has 0 fully saturated rings. The Morgan fingerprint density at radius 3 is 2.63 bits per heavy atom. The fourth-order valence-corrected chi connectivity index (χ4v) is 1.94. The minimum absolute atomic E-state index is 0.241. The molecule has 102 valence electrons. The number of anilines is 1. The van der Waals surface area contributed by atoms with Gasteiger partial charge in [0.15, 0.2) is 5.82 Å². The van der Waals surface area contributed by atoms with Crippen LogP contribution in [0.5, 0.6) is 0 Å². The number of aryl methyl sites for hydroxylation is 1. The number of rotatable bonds is 3. The molecule has 0 unspecified atom stereocenters. The Bertz CT molecular complexity index is 583. The molecule has 0 aliphatic rings. The van der Waals surface area contributed by atoms with Crippen LogP contribution in [0.1, 0.15) is 17.3 Å². The molecule has 2 rings (SSSR count). The van der Waals surface area contributed by atoms with E-state index in [-0.39, 0.29) is 6.54 Å². The van der Waals surface area contributed by atoms with Crippen LogP contribution in [0.2, 0.25) is 0 Å². The normalized spacial score (nSPS) is 11.6. The van der Waals surface area contributed by atoms with Crippen LogP contribution in [-0.4, -0.2) is 10.1 Å². The monoisotopic (exact) mass is 335 g/mol. The third kappa shape index (κ3) is 3.46. The number of halogens is 4. The van der Waals surface area contributed by atoms with Gasteiger partial charge in [-0.1, -0.05) is 5.16 Å². The summed E-state index contributed by atoms with van der Waals surface area (Å²) < 4.78 is 42.6. The molecular weight excluding hydrogens is 327 g/mol. The topological polar surface area (TPSA) is 51.0 Å². The van der Waals surface area contributed by atoms with Crippen molar-refractivity contribution in [1.29, 1.82) is 0 Å². The third-order valence-corrected chi connectivity index (χ3v) is 2.95. The van der Waals surface area contributed by atoms with Gasteiger partial charge in [0.05, 0.1) is 12.1 Å². The fourth-order valence-electron chi connectivity index (χ4n) is 1.42. The molecule has 1 aromatic heterocycles. The average molecular weight is 336 g/mol. The molecule has 8 heteroatoms. The predicted molar refractivity (Wildman–Crippen MR) is 65.5 cm³/mol. The molecule has 0 aliphatic carbocycles. The molecule has 19 heavy (non-hydrogen) atoms. The Kier molecular flexibility index (Phi) is 3.79. The molecule has 0 atom stereocenters. The lowest BCUT2D eigenvalue weighted by atomic mass is 10.2. The van der Waals surface area contributed by atoms with Crippen molar-refractivity contribution in [3.05, 3.63) is 40.0 Å². The summed E-state index contributed by atoms with van der Waals surface area (Å²) in [6.45, 7) is 1.92. The first-order valence-electron chi connectivity index (χ1n) is 5.26. The number of hydrogen-bond donors (Lipinski definition) is 1. The lowest BCUT2D eigenvalue weighted by Gasteiger charge is -2.10. The van der Waals surface area contributed by atoms with Crippen LogP contribution in [0.4, 0.5) is 18.9 Å². The molecule has 2 aromatic rings. The van der Waals surface area contributed by atoms with Gasteiger partial charge in [-0.05, 0) is 41.1 Å². The number of nitrogens with one attached hydrogen (secondary N) is 1. The van der Waals surface area contributed by atoms with Crippen molar-refractivity contribution < 1.29 is 17.7 Å². The second-order valence-electron chi connectivity index (χ2n) is 3.78. The van der Waals surface area contributed by atoms with E-state index in [0.29, 0.717) is 21.9 Å². The van der Waals surface area contributed by atoms with Gasteiger partial charge in [0.25, 0.3) is 0 Å². The Hall–Kier alpha value is -1.57. The highest BCUT2D eigenvalue weighted by molar-refractivity contribution is 9.10. The SMILES string of the molecule is Cc1noc(CNc2ccc(C(F)(F)F)cc2Br)n1. The van der Waals surface area contributed by atoms with E-state index in [1.165, 1.54) is 6.07 Å².